The van der Waals surface area contributed by atoms with E-state index in [4.69, 9.17) is 16.5 Å². The quantitative estimate of drug-likeness (QED) is 0.117. The number of pyridine rings is 2. The summed E-state index contributed by atoms with van der Waals surface area (Å²) in [4.78, 5) is 38.4. The van der Waals surface area contributed by atoms with Crippen molar-refractivity contribution in [1.29, 1.82) is 0 Å². The van der Waals surface area contributed by atoms with Crippen LogP contribution in [0, 0.1) is 6.92 Å². The van der Waals surface area contributed by atoms with Gasteiger partial charge in [0, 0.05) is 69.1 Å². The Morgan fingerprint density at radius 3 is 2.37 bits per heavy atom. The van der Waals surface area contributed by atoms with Gasteiger partial charge in [-0.05, 0) is 48.9 Å². The Morgan fingerprint density at radius 1 is 0.953 bits per heavy atom. The van der Waals surface area contributed by atoms with Crippen molar-refractivity contribution >= 4 is 40.6 Å². The molecule has 0 aliphatic carbocycles. The molecule has 0 spiro atoms. The Balaban J connectivity index is 0.000000250. The lowest BCUT2D eigenvalue weighted by Crippen LogP contribution is -2.22. The van der Waals surface area contributed by atoms with E-state index in [0.717, 1.165) is 64.7 Å². The molecular weight excluding hydrogens is 540 g/mol. The molecule has 0 aliphatic rings. The number of aryl methyl sites for hydroxylation is 2. The fourth-order valence-corrected chi connectivity index (χ4v) is 3.98. The topological polar surface area (TPSA) is 145 Å². The van der Waals surface area contributed by atoms with Gasteiger partial charge in [-0.2, -0.15) is 0 Å². The third-order valence-electron chi connectivity index (χ3n) is 6.09. The molecule has 10 heteroatoms. The van der Waals surface area contributed by atoms with Gasteiger partial charge in [-0.1, -0.05) is 44.2 Å². The first-order chi connectivity index (χ1) is 20.8. The normalized spacial score (nSPS) is 9.79. The predicted octanol–water partition coefficient (Wildman–Crippen LogP) is 4.68. The number of aliphatic imine (C=N–C) groups is 1. The average molecular weight is 583 g/mol. The predicted molar refractivity (Wildman–Crippen MR) is 176 cm³/mol. The van der Waals surface area contributed by atoms with Gasteiger partial charge in [0.25, 0.3) is 0 Å². The first kappa shape index (κ1) is 34.1. The highest BCUT2D eigenvalue weighted by Crippen LogP contribution is 2.29. The maximum atomic E-state index is 10.2. The number of para-hydroxylation sites is 1. The number of rotatable bonds is 8. The minimum absolute atomic E-state index is 0.0341. The Hall–Kier alpha value is -5.12. The van der Waals surface area contributed by atoms with Crippen LogP contribution in [0.25, 0.3) is 33.3 Å². The molecule has 5 aromatic rings. The van der Waals surface area contributed by atoms with Gasteiger partial charge in [-0.25, -0.2) is 4.98 Å². The zero-order valence-corrected chi connectivity index (χ0v) is 25.6. The Labute approximate surface area is 253 Å². The van der Waals surface area contributed by atoms with E-state index in [2.05, 4.69) is 57.8 Å². The second-order valence-corrected chi connectivity index (χ2v) is 9.28. The highest BCUT2D eigenvalue weighted by Gasteiger charge is 2.12. The van der Waals surface area contributed by atoms with Crippen LogP contribution in [0.3, 0.4) is 0 Å². The molecule has 0 saturated carbocycles. The first-order valence-corrected chi connectivity index (χ1v) is 14.2. The van der Waals surface area contributed by atoms with Crippen molar-refractivity contribution in [1.82, 2.24) is 24.4 Å². The second kappa shape index (κ2) is 18.3. The van der Waals surface area contributed by atoms with Gasteiger partial charge in [-0.15, -0.1) is 0 Å². The van der Waals surface area contributed by atoms with Crippen LogP contribution in [0.4, 0.5) is 0 Å². The molecule has 0 atom stereocenters. The smallest absolute Gasteiger partial charge is 0.209 e. The van der Waals surface area contributed by atoms with Gasteiger partial charge in [0.15, 0.2) is 5.96 Å². The molecule has 1 amide bonds. The van der Waals surface area contributed by atoms with E-state index in [1.807, 2.05) is 62.5 Å². The molecule has 3 heterocycles. The molecule has 10 nitrogen and oxygen atoms in total. The molecule has 0 saturated heterocycles. The number of hydrogen-bond acceptors (Lipinski definition) is 6. The lowest BCUT2D eigenvalue weighted by Gasteiger charge is -2.08. The van der Waals surface area contributed by atoms with Crippen LogP contribution in [0.1, 0.15) is 31.5 Å². The van der Waals surface area contributed by atoms with Crippen LogP contribution < -0.4 is 11.5 Å². The molecule has 0 fully saturated rings. The number of nitrogens with two attached hydrogens (primary N) is 2. The van der Waals surface area contributed by atoms with E-state index < -0.39 is 0 Å². The van der Waals surface area contributed by atoms with Crippen LogP contribution in [-0.2, 0) is 23.1 Å². The van der Waals surface area contributed by atoms with Crippen LogP contribution >= 0.6 is 0 Å². The lowest BCUT2D eigenvalue weighted by atomic mass is 10.1. The van der Waals surface area contributed by atoms with Crippen molar-refractivity contribution in [3.05, 3.63) is 90.4 Å². The van der Waals surface area contributed by atoms with Gasteiger partial charge in [-0.3, -0.25) is 19.8 Å². The minimum Gasteiger partial charge on any atom is -0.370 e. The summed E-state index contributed by atoms with van der Waals surface area (Å²) < 4.78 is 2.15. The van der Waals surface area contributed by atoms with E-state index in [0.29, 0.717) is 13.0 Å². The standard InChI is InChI=1S/C18H15N3.C9H12N2O.C4H9N3O.C2H6/c1-12-7-8-17-16(11-12)20-18(21(17)2)14-9-10-19-15-6-4-3-5-13(14)15;1-11(8-12)7-5-9-4-2-3-6-10-9;5-4(6)7-2-1-3-8;1-2/h3-11H,1-2H3;2-4,6,8H,5,7H2,1H3;3H,1-2H2,(H4,5,6,7);1-2H3. The Morgan fingerprint density at radius 2 is 1.70 bits per heavy atom. The molecule has 0 bridgehead atoms. The molecule has 4 N–H and O–H groups in total. The fourth-order valence-electron chi connectivity index (χ4n) is 3.98. The summed E-state index contributed by atoms with van der Waals surface area (Å²) in [6.07, 6.45) is 6.40. The van der Waals surface area contributed by atoms with Crippen LogP contribution in [0.2, 0.25) is 0 Å². The van der Waals surface area contributed by atoms with Gasteiger partial charge >= 0.3 is 0 Å². The molecular formula is C33H42N8O2. The van der Waals surface area contributed by atoms with Crippen molar-refractivity contribution in [2.45, 2.75) is 33.6 Å². The number of carbonyl (C=O) groups excluding carboxylic acids is 2. The van der Waals surface area contributed by atoms with E-state index in [1.165, 1.54) is 5.56 Å². The first-order valence-electron chi connectivity index (χ1n) is 14.2. The van der Waals surface area contributed by atoms with Crippen LogP contribution in [0.5, 0.6) is 0 Å². The summed E-state index contributed by atoms with van der Waals surface area (Å²) in [5.74, 6) is 1.01. The number of likely N-dealkylation sites (N-methyl/N-ethyl adjacent to an activating group) is 1. The second-order valence-electron chi connectivity index (χ2n) is 9.28. The number of nitrogens with zero attached hydrogens (tertiary/aromatic N) is 6. The molecule has 226 valence electrons. The number of carbonyl (C=O) groups is 2. The van der Waals surface area contributed by atoms with E-state index in [9.17, 15) is 9.59 Å². The van der Waals surface area contributed by atoms with Crippen LogP contribution in [-0.4, -0.2) is 63.2 Å². The zero-order chi connectivity index (χ0) is 31.6. The average Bonchev–Trinajstić information content (AvgIpc) is 3.36. The van der Waals surface area contributed by atoms with Gasteiger partial charge in [0.1, 0.15) is 12.1 Å². The van der Waals surface area contributed by atoms with Gasteiger partial charge < -0.3 is 25.7 Å². The molecule has 43 heavy (non-hydrogen) atoms. The number of aldehydes is 1. The maximum Gasteiger partial charge on any atom is 0.209 e. The summed E-state index contributed by atoms with van der Waals surface area (Å²) in [5.41, 5.74) is 16.4. The maximum absolute atomic E-state index is 10.2. The van der Waals surface area contributed by atoms with E-state index >= 15 is 0 Å². The van der Waals surface area contributed by atoms with Crippen molar-refractivity contribution in [3.8, 4) is 11.4 Å². The number of guanidine groups is 1. The highest BCUT2D eigenvalue weighted by molar-refractivity contribution is 5.94. The number of imidazole rings is 1. The number of benzene rings is 2. The monoisotopic (exact) mass is 582 g/mol. The number of amides is 1. The van der Waals surface area contributed by atoms with E-state index in [1.54, 1.807) is 18.1 Å². The van der Waals surface area contributed by atoms with Crippen molar-refractivity contribution in [3.63, 3.8) is 0 Å². The Kier molecular flexibility index (Phi) is 14.5. The van der Waals surface area contributed by atoms with E-state index in [-0.39, 0.29) is 5.96 Å². The summed E-state index contributed by atoms with van der Waals surface area (Å²) in [5, 5.41) is 1.13. The number of hydrogen-bond donors (Lipinski definition) is 2. The molecule has 0 aliphatic heterocycles. The van der Waals surface area contributed by atoms with Gasteiger partial charge in [0.2, 0.25) is 6.41 Å². The third kappa shape index (κ3) is 10.7. The van der Waals surface area contributed by atoms with Crippen molar-refractivity contribution < 1.29 is 9.59 Å². The Bertz CT molecular complexity index is 1590. The summed E-state index contributed by atoms with van der Waals surface area (Å²) in [6.45, 7) is 7.21. The molecule has 3 aromatic heterocycles. The summed E-state index contributed by atoms with van der Waals surface area (Å²) >= 11 is 0. The number of fused-ring (bicyclic) bond motifs is 2. The zero-order valence-electron chi connectivity index (χ0n) is 25.6. The van der Waals surface area contributed by atoms with Crippen molar-refractivity contribution in [2.75, 3.05) is 20.1 Å². The van der Waals surface area contributed by atoms with Crippen LogP contribution in [0.15, 0.2) is 84.1 Å². The molecule has 0 radical (unpaired) electrons. The largest absolute Gasteiger partial charge is 0.370 e. The molecule has 5 rings (SSSR count). The SMILES string of the molecule is CC.CN(C=O)CCc1ccccn1.Cc1ccc2c(c1)nc(-c1ccnc3ccccc13)n2C.NC(N)=NCCC=O. The molecule has 2 aromatic carbocycles. The lowest BCUT2D eigenvalue weighted by molar-refractivity contribution is -0.117. The van der Waals surface area contributed by atoms with Gasteiger partial charge in [0.05, 0.1) is 16.6 Å². The number of aromatic nitrogens is 4. The fraction of sp³-hybridized carbons (Fsp3) is 0.273. The summed E-state index contributed by atoms with van der Waals surface area (Å²) in [7, 11) is 3.82. The summed E-state index contributed by atoms with van der Waals surface area (Å²) in [6, 6.07) is 22.4. The third-order valence-corrected chi connectivity index (χ3v) is 6.09. The highest BCUT2D eigenvalue weighted by atomic mass is 16.1. The minimum atomic E-state index is 0.0341. The molecule has 0 unspecified atom stereocenters. The van der Waals surface area contributed by atoms with Crippen molar-refractivity contribution in [2.24, 2.45) is 23.5 Å².